The molecule has 0 saturated carbocycles. The fourth-order valence-corrected chi connectivity index (χ4v) is 7.87. The lowest BCUT2D eigenvalue weighted by Crippen LogP contribution is -2.00. The summed E-state index contributed by atoms with van der Waals surface area (Å²) in [6, 6.07) is 54.1. The number of hydrogen-bond acceptors (Lipinski definition) is 6. The van der Waals surface area contributed by atoms with Crippen molar-refractivity contribution in [1.29, 1.82) is 0 Å². The lowest BCUT2D eigenvalue weighted by atomic mass is 9.99. The molecule has 0 bridgehead atoms. The molecule has 0 fully saturated rings. The average Bonchev–Trinajstić information content (AvgIpc) is 3.79. The predicted molar refractivity (Wildman–Crippen MR) is 205 cm³/mol. The summed E-state index contributed by atoms with van der Waals surface area (Å²) in [5.41, 5.74) is 7.30. The van der Waals surface area contributed by atoms with Crippen LogP contribution in [0.15, 0.2) is 162 Å². The van der Waals surface area contributed by atoms with Gasteiger partial charge < -0.3 is 4.42 Å². The fraction of sp³-hybridized carbons (Fsp3) is 0. The lowest BCUT2D eigenvalue weighted by Gasteiger charge is -2.11. The highest BCUT2D eigenvalue weighted by Crippen LogP contribution is 2.45. The highest BCUT2D eigenvalue weighted by Gasteiger charge is 2.24. The molecular weight excluding hydrogens is 633 g/mol. The number of fused-ring (bicyclic) bond motifs is 5. The number of thiophene rings is 1. The van der Waals surface area contributed by atoms with Gasteiger partial charge in [-0.25, -0.2) is 19.9 Å². The summed E-state index contributed by atoms with van der Waals surface area (Å²) < 4.78 is 8.95. The monoisotopic (exact) mass is 658 g/mol. The van der Waals surface area contributed by atoms with Gasteiger partial charge in [0.1, 0.15) is 5.52 Å². The summed E-state index contributed by atoms with van der Waals surface area (Å²) in [5, 5.41) is 4.45. The van der Waals surface area contributed by atoms with E-state index in [1.54, 1.807) is 11.3 Å². The van der Waals surface area contributed by atoms with Crippen LogP contribution in [0.4, 0.5) is 0 Å². The molecule has 0 N–H and O–H groups in total. The molecule has 7 aromatic carbocycles. The molecule has 10 rings (SSSR count). The summed E-state index contributed by atoms with van der Waals surface area (Å²) in [4.78, 5) is 20.5. The molecule has 0 aliphatic rings. The third-order valence-corrected chi connectivity index (χ3v) is 10.3. The maximum absolute atomic E-state index is 6.66. The van der Waals surface area contributed by atoms with Crippen molar-refractivity contribution in [1.82, 2.24) is 19.9 Å². The Morgan fingerprint density at radius 3 is 1.78 bits per heavy atom. The van der Waals surface area contributed by atoms with E-state index in [0.717, 1.165) is 59.6 Å². The van der Waals surface area contributed by atoms with Crippen LogP contribution >= 0.6 is 11.3 Å². The first-order chi connectivity index (χ1) is 24.7. The number of aromatic nitrogens is 4. The lowest BCUT2D eigenvalue weighted by molar-refractivity contribution is 0.621. The van der Waals surface area contributed by atoms with E-state index >= 15 is 0 Å². The van der Waals surface area contributed by atoms with E-state index in [0.29, 0.717) is 28.9 Å². The van der Waals surface area contributed by atoms with Crippen molar-refractivity contribution in [3.05, 3.63) is 158 Å². The maximum atomic E-state index is 6.66. The van der Waals surface area contributed by atoms with Gasteiger partial charge in [0.05, 0.1) is 5.56 Å². The zero-order valence-corrected chi connectivity index (χ0v) is 27.4. The van der Waals surface area contributed by atoms with E-state index in [2.05, 4.69) is 91.0 Å². The van der Waals surface area contributed by atoms with Gasteiger partial charge in [0.25, 0.3) is 0 Å². The molecule has 0 saturated heterocycles. The van der Waals surface area contributed by atoms with Gasteiger partial charge in [-0.3, -0.25) is 0 Å². The van der Waals surface area contributed by atoms with Crippen molar-refractivity contribution in [2.24, 2.45) is 0 Å². The molecule has 0 atom stereocenters. The van der Waals surface area contributed by atoms with Gasteiger partial charge in [0.15, 0.2) is 23.1 Å². The molecule has 0 radical (unpaired) electrons. The second-order valence-corrected chi connectivity index (χ2v) is 13.4. The summed E-state index contributed by atoms with van der Waals surface area (Å²) in [5.74, 6) is 2.29. The van der Waals surface area contributed by atoms with E-state index in [1.165, 1.54) is 10.3 Å². The maximum Gasteiger partial charge on any atom is 0.227 e. The molecule has 3 aromatic heterocycles. The average molecular weight is 659 g/mol. The van der Waals surface area contributed by atoms with E-state index in [9.17, 15) is 0 Å². The second kappa shape index (κ2) is 11.6. The number of nitrogens with zero attached hydrogens (tertiary/aromatic N) is 4. The minimum atomic E-state index is 0.543. The van der Waals surface area contributed by atoms with E-state index in [-0.39, 0.29) is 0 Å². The fourth-order valence-electron chi connectivity index (χ4n) is 6.72. The zero-order chi connectivity index (χ0) is 33.0. The van der Waals surface area contributed by atoms with Crippen LogP contribution in [-0.2, 0) is 0 Å². The van der Waals surface area contributed by atoms with Crippen molar-refractivity contribution in [3.8, 4) is 56.7 Å². The van der Waals surface area contributed by atoms with Gasteiger partial charge in [-0.05, 0) is 58.3 Å². The Morgan fingerprint density at radius 1 is 0.420 bits per heavy atom. The van der Waals surface area contributed by atoms with Crippen molar-refractivity contribution in [2.45, 2.75) is 0 Å². The minimum Gasteiger partial charge on any atom is -0.435 e. The SMILES string of the molecule is c1ccc(-c2ccc3ccc(-c4nc(-c5ccccc5)nc(-c5c6oc(-c7ccccc7)nc6cc6sc7ccccc7c56)n4)cc3c2)cc1. The predicted octanol–water partition coefficient (Wildman–Crippen LogP) is 11.9. The largest absolute Gasteiger partial charge is 0.435 e. The second-order valence-electron chi connectivity index (χ2n) is 12.3. The number of oxazole rings is 1. The first-order valence-corrected chi connectivity index (χ1v) is 17.3. The Morgan fingerprint density at radius 2 is 1.02 bits per heavy atom. The first kappa shape index (κ1) is 28.5. The Kier molecular flexibility index (Phi) is 6.60. The van der Waals surface area contributed by atoms with Gasteiger partial charge in [-0.15, -0.1) is 11.3 Å². The standard InChI is InChI=1S/C44H26N4OS/c1-4-12-27(13-5-1)31-22-20-28-21-23-32(25-33(28)24-31)42-46-41(29-14-6-2-7-15-29)47-43(48-42)39-38-34-18-10-11-19-36(34)50-37(38)26-35-40(39)49-44(45-35)30-16-8-3-9-17-30/h1-26H. The topological polar surface area (TPSA) is 64.7 Å². The van der Waals surface area contributed by atoms with Gasteiger partial charge >= 0.3 is 0 Å². The third kappa shape index (κ3) is 4.85. The van der Waals surface area contributed by atoms with Crippen LogP contribution in [0.2, 0.25) is 0 Å². The highest BCUT2D eigenvalue weighted by atomic mass is 32.1. The van der Waals surface area contributed by atoms with E-state index < -0.39 is 0 Å². The number of benzene rings is 7. The Labute approximate surface area is 291 Å². The van der Waals surface area contributed by atoms with Crippen molar-refractivity contribution >= 4 is 53.4 Å². The summed E-state index contributed by atoms with van der Waals surface area (Å²) in [7, 11) is 0. The van der Waals surface area contributed by atoms with Crippen LogP contribution in [0, 0.1) is 0 Å². The highest BCUT2D eigenvalue weighted by molar-refractivity contribution is 7.26. The molecule has 5 nitrogen and oxygen atoms in total. The molecule has 50 heavy (non-hydrogen) atoms. The van der Waals surface area contributed by atoms with Crippen LogP contribution in [0.5, 0.6) is 0 Å². The van der Waals surface area contributed by atoms with Crippen LogP contribution in [0.3, 0.4) is 0 Å². The summed E-state index contributed by atoms with van der Waals surface area (Å²) in [6.07, 6.45) is 0. The van der Waals surface area contributed by atoms with Gasteiger partial charge in [0, 0.05) is 36.9 Å². The molecule has 3 heterocycles. The quantitative estimate of drug-likeness (QED) is 0.184. The minimum absolute atomic E-state index is 0.543. The molecular formula is C44H26N4OS. The molecule has 0 aliphatic heterocycles. The summed E-state index contributed by atoms with van der Waals surface area (Å²) in [6.45, 7) is 0. The molecule has 0 aliphatic carbocycles. The first-order valence-electron chi connectivity index (χ1n) is 16.5. The Balaban J connectivity index is 1.25. The molecule has 0 amide bonds. The van der Waals surface area contributed by atoms with Crippen molar-refractivity contribution in [2.75, 3.05) is 0 Å². The molecule has 10 aromatic rings. The molecule has 6 heteroatoms. The molecule has 234 valence electrons. The van der Waals surface area contributed by atoms with Crippen LogP contribution < -0.4 is 0 Å². The normalized spacial score (nSPS) is 11.6. The van der Waals surface area contributed by atoms with E-state index in [4.69, 9.17) is 24.4 Å². The molecule has 0 spiro atoms. The van der Waals surface area contributed by atoms with Gasteiger partial charge in [-0.1, -0.05) is 121 Å². The number of rotatable bonds is 5. The van der Waals surface area contributed by atoms with Crippen LogP contribution in [0.25, 0.3) is 98.8 Å². The van der Waals surface area contributed by atoms with Gasteiger partial charge in [0.2, 0.25) is 5.89 Å². The summed E-state index contributed by atoms with van der Waals surface area (Å²) >= 11 is 1.74. The van der Waals surface area contributed by atoms with E-state index in [1.807, 2.05) is 66.7 Å². The van der Waals surface area contributed by atoms with Crippen LogP contribution in [0.1, 0.15) is 0 Å². The Hall–Kier alpha value is -6.50. The number of hydrogen-bond donors (Lipinski definition) is 0. The third-order valence-electron chi connectivity index (χ3n) is 9.14. The smallest absolute Gasteiger partial charge is 0.227 e. The van der Waals surface area contributed by atoms with Crippen LogP contribution in [-0.4, -0.2) is 19.9 Å². The van der Waals surface area contributed by atoms with Crippen molar-refractivity contribution < 1.29 is 4.42 Å². The zero-order valence-electron chi connectivity index (χ0n) is 26.6. The van der Waals surface area contributed by atoms with Crippen molar-refractivity contribution in [3.63, 3.8) is 0 Å². The van der Waals surface area contributed by atoms with Gasteiger partial charge in [-0.2, -0.15) is 0 Å². The Bertz CT molecular complexity index is 2860. The molecule has 0 unspecified atom stereocenters.